The van der Waals surface area contributed by atoms with E-state index in [1.165, 1.54) is 5.56 Å². The van der Waals surface area contributed by atoms with Crippen LogP contribution in [0.5, 0.6) is 11.5 Å². The van der Waals surface area contributed by atoms with E-state index in [-0.39, 0.29) is 5.54 Å². The highest BCUT2D eigenvalue weighted by molar-refractivity contribution is 5.32. The quantitative estimate of drug-likeness (QED) is 0.883. The summed E-state index contributed by atoms with van der Waals surface area (Å²) < 4.78 is 10.3. The number of hydrogen-bond acceptors (Lipinski definition) is 3. The largest absolute Gasteiger partial charge is 0.497 e. The second kappa shape index (κ2) is 6.64. The predicted molar refractivity (Wildman–Crippen MR) is 85.8 cm³/mol. The first-order chi connectivity index (χ1) is 10.0. The molecule has 21 heavy (non-hydrogen) atoms. The zero-order valence-corrected chi connectivity index (χ0v) is 12.9. The van der Waals surface area contributed by atoms with Crippen LogP contribution in [0.1, 0.15) is 24.5 Å². The van der Waals surface area contributed by atoms with Crippen LogP contribution in [0.4, 0.5) is 0 Å². The number of ether oxygens (including phenoxy) is 2. The molecule has 0 aliphatic carbocycles. The molecular weight excluding hydrogens is 262 g/mol. The SMILES string of the molecule is COc1ccc(CCC(C)(N)c2ccc(OC)cc2)cc1. The van der Waals surface area contributed by atoms with E-state index >= 15 is 0 Å². The van der Waals surface area contributed by atoms with Crippen LogP contribution in [0.15, 0.2) is 48.5 Å². The van der Waals surface area contributed by atoms with E-state index in [0.29, 0.717) is 0 Å². The van der Waals surface area contributed by atoms with Gasteiger partial charge >= 0.3 is 0 Å². The molecule has 112 valence electrons. The summed E-state index contributed by atoms with van der Waals surface area (Å²) in [7, 11) is 3.34. The van der Waals surface area contributed by atoms with Gasteiger partial charge in [0, 0.05) is 5.54 Å². The highest BCUT2D eigenvalue weighted by Crippen LogP contribution is 2.26. The van der Waals surface area contributed by atoms with Crippen molar-refractivity contribution in [2.24, 2.45) is 5.73 Å². The Bertz CT molecular complexity index is 559. The third kappa shape index (κ3) is 3.99. The van der Waals surface area contributed by atoms with Crippen LogP contribution >= 0.6 is 0 Å². The Balaban J connectivity index is 2.01. The molecule has 1 atom stereocenters. The van der Waals surface area contributed by atoms with Crippen LogP contribution in [0.3, 0.4) is 0 Å². The molecule has 1 unspecified atom stereocenters. The van der Waals surface area contributed by atoms with Gasteiger partial charge in [-0.3, -0.25) is 0 Å². The maximum Gasteiger partial charge on any atom is 0.118 e. The van der Waals surface area contributed by atoms with Crippen molar-refractivity contribution in [1.82, 2.24) is 0 Å². The monoisotopic (exact) mass is 285 g/mol. The molecule has 3 nitrogen and oxygen atoms in total. The van der Waals surface area contributed by atoms with Crippen molar-refractivity contribution in [3.8, 4) is 11.5 Å². The number of nitrogens with two attached hydrogens (primary N) is 1. The zero-order valence-electron chi connectivity index (χ0n) is 12.9. The highest BCUT2D eigenvalue weighted by Gasteiger charge is 2.20. The molecule has 2 aromatic carbocycles. The average molecular weight is 285 g/mol. The summed E-state index contributed by atoms with van der Waals surface area (Å²) in [4.78, 5) is 0. The van der Waals surface area contributed by atoms with Crippen molar-refractivity contribution in [1.29, 1.82) is 0 Å². The van der Waals surface area contributed by atoms with Crippen LogP contribution in [0, 0.1) is 0 Å². The summed E-state index contributed by atoms with van der Waals surface area (Å²) in [5.41, 5.74) is 8.50. The molecule has 0 aliphatic rings. The normalized spacial score (nSPS) is 13.5. The van der Waals surface area contributed by atoms with Crippen molar-refractivity contribution < 1.29 is 9.47 Å². The van der Waals surface area contributed by atoms with Crippen LogP contribution in [-0.4, -0.2) is 14.2 Å². The standard InChI is InChI=1S/C18H23NO2/c1-18(19,15-6-10-17(21-3)11-7-15)13-12-14-4-8-16(20-2)9-5-14/h4-11H,12-13,19H2,1-3H3. The summed E-state index contributed by atoms with van der Waals surface area (Å²) in [6.45, 7) is 2.07. The molecule has 0 heterocycles. The van der Waals surface area contributed by atoms with Gasteiger partial charge in [0.2, 0.25) is 0 Å². The number of aryl methyl sites for hydroxylation is 1. The number of rotatable bonds is 6. The van der Waals surface area contributed by atoms with Gasteiger partial charge in [-0.2, -0.15) is 0 Å². The van der Waals surface area contributed by atoms with E-state index in [9.17, 15) is 0 Å². The maximum absolute atomic E-state index is 6.47. The van der Waals surface area contributed by atoms with Gasteiger partial charge in [0.05, 0.1) is 14.2 Å². The van der Waals surface area contributed by atoms with Crippen LogP contribution < -0.4 is 15.2 Å². The molecular formula is C18H23NO2. The maximum atomic E-state index is 6.47. The van der Waals surface area contributed by atoms with Crippen molar-refractivity contribution in [2.45, 2.75) is 25.3 Å². The van der Waals surface area contributed by atoms with Gasteiger partial charge in [0.25, 0.3) is 0 Å². The number of methoxy groups -OCH3 is 2. The Morgan fingerprint density at radius 2 is 1.33 bits per heavy atom. The van der Waals surface area contributed by atoms with Crippen LogP contribution in [0.2, 0.25) is 0 Å². The first-order valence-corrected chi connectivity index (χ1v) is 7.11. The Kier molecular flexibility index (Phi) is 4.86. The molecule has 2 rings (SSSR count). The van der Waals surface area contributed by atoms with E-state index in [2.05, 4.69) is 19.1 Å². The van der Waals surface area contributed by atoms with Crippen LogP contribution in [-0.2, 0) is 12.0 Å². The summed E-state index contributed by atoms with van der Waals surface area (Å²) in [6, 6.07) is 16.1. The van der Waals surface area contributed by atoms with Gasteiger partial charge in [-0.1, -0.05) is 24.3 Å². The lowest BCUT2D eigenvalue weighted by Gasteiger charge is -2.25. The summed E-state index contributed by atoms with van der Waals surface area (Å²) in [5.74, 6) is 1.73. The van der Waals surface area contributed by atoms with Crippen molar-refractivity contribution in [3.05, 3.63) is 59.7 Å². The van der Waals surface area contributed by atoms with E-state index in [1.807, 2.05) is 36.4 Å². The molecule has 0 bridgehead atoms. The molecule has 2 N–H and O–H groups in total. The average Bonchev–Trinajstić information content (AvgIpc) is 2.53. The fourth-order valence-corrected chi connectivity index (χ4v) is 2.31. The molecule has 3 heteroatoms. The third-order valence-electron chi connectivity index (χ3n) is 3.84. The molecule has 0 radical (unpaired) electrons. The number of hydrogen-bond donors (Lipinski definition) is 1. The summed E-state index contributed by atoms with van der Waals surface area (Å²) in [5, 5.41) is 0. The fourth-order valence-electron chi connectivity index (χ4n) is 2.31. The fraction of sp³-hybridized carbons (Fsp3) is 0.333. The lowest BCUT2D eigenvalue weighted by molar-refractivity contribution is 0.412. The van der Waals surface area contributed by atoms with Gasteiger partial charge in [0.15, 0.2) is 0 Å². The molecule has 0 aromatic heterocycles. The van der Waals surface area contributed by atoms with E-state index < -0.39 is 0 Å². The molecule has 2 aromatic rings. The third-order valence-corrected chi connectivity index (χ3v) is 3.84. The lowest BCUT2D eigenvalue weighted by atomic mass is 9.87. The minimum absolute atomic E-state index is 0.355. The second-order valence-corrected chi connectivity index (χ2v) is 5.49. The minimum Gasteiger partial charge on any atom is -0.497 e. The van der Waals surface area contributed by atoms with Gasteiger partial charge in [-0.15, -0.1) is 0 Å². The van der Waals surface area contributed by atoms with Crippen molar-refractivity contribution in [3.63, 3.8) is 0 Å². The first kappa shape index (κ1) is 15.4. The molecule has 0 aliphatic heterocycles. The van der Waals surface area contributed by atoms with E-state index in [4.69, 9.17) is 15.2 Å². The first-order valence-electron chi connectivity index (χ1n) is 7.11. The van der Waals surface area contributed by atoms with Gasteiger partial charge < -0.3 is 15.2 Å². The van der Waals surface area contributed by atoms with Crippen LogP contribution in [0.25, 0.3) is 0 Å². The van der Waals surface area contributed by atoms with Gasteiger partial charge in [0.1, 0.15) is 11.5 Å². The van der Waals surface area contributed by atoms with Crippen molar-refractivity contribution >= 4 is 0 Å². The smallest absolute Gasteiger partial charge is 0.118 e. The molecule has 0 amide bonds. The Morgan fingerprint density at radius 1 is 0.857 bits per heavy atom. The van der Waals surface area contributed by atoms with Gasteiger partial charge in [-0.05, 0) is 55.2 Å². The highest BCUT2D eigenvalue weighted by atomic mass is 16.5. The van der Waals surface area contributed by atoms with E-state index in [0.717, 1.165) is 29.9 Å². The topological polar surface area (TPSA) is 44.5 Å². The zero-order chi connectivity index (χ0) is 15.3. The van der Waals surface area contributed by atoms with Crippen molar-refractivity contribution in [2.75, 3.05) is 14.2 Å². The molecule has 0 fully saturated rings. The Morgan fingerprint density at radius 3 is 1.81 bits per heavy atom. The minimum atomic E-state index is -0.355. The summed E-state index contributed by atoms with van der Waals surface area (Å²) >= 11 is 0. The molecule has 0 saturated heterocycles. The Hall–Kier alpha value is -2.00. The summed E-state index contributed by atoms with van der Waals surface area (Å²) in [6.07, 6.45) is 1.81. The molecule has 0 spiro atoms. The Labute approximate surface area is 126 Å². The molecule has 0 saturated carbocycles. The van der Waals surface area contributed by atoms with E-state index in [1.54, 1.807) is 14.2 Å². The lowest BCUT2D eigenvalue weighted by Crippen LogP contribution is -2.33. The van der Waals surface area contributed by atoms with Gasteiger partial charge in [-0.25, -0.2) is 0 Å². The number of benzene rings is 2. The second-order valence-electron chi connectivity index (χ2n) is 5.49. The predicted octanol–water partition coefficient (Wildman–Crippen LogP) is 3.51.